The average Bonchev–Trinajstić information content (AvgIpc) is 3.23. The summed E-state index contributed by atoms with van der Waals surface area (Å²) in [6.07, 6.45) is -2.09. The van der Waals surface area contributed by atoms with Gasteiger partial charge >= 0.3 is 23.9 Å². The van der Waals surface area contributed by atoms with Crippen LogP contribution >= 0.6 is 0 Å². The third-order valence-electron chi connectivity index (χ3n) is 10.2. The Morgan fingerprint density at radius 1 is 0.812 bits per heavy atom. The zero-order valence-electron chi connectivity index (χ0n) is 28.4. The van der Waals surface area contributed by atoms with E-state index in [9.17, 15) is 24.3 Å². The predicted molar refractivity (Wildman–Crippen MR) is 172 cm³/mol. The van der Waals surface area contributed by atoms with Crippen LogP contribution in [0.25, 0.3) is 0 Å². The summed E-state index contributed by atoms with van der Waals surface area (Å²) >= 11 is 0. The molecule has 2 aromatic carbocycles. The third-order valence-corrected chi connectivity index (χ3v) is 10.2. The highest BCUT2D eigenvalue weighted by molar-refractivity contribution is 5.90. The quantitative estimate of drug-likeness (QED) is 0.200. The van der Waals surface area contributed by atoms with Gasteiger partial charge < -0.3 is 33.5 Å². The molecule has 260 valence electrons. The summed E-state index contributed by atoms with van der Waals surface area (Å²) in [7, 11) is 1.61. The highest BCUT2D eigenvalue weighted by Gasteiger charge is 2.88. The second kappa shape index (κ2) is 13.6. The van der Waals surface area contributed by atoms with Crippen LogP contribution in [0.1, 0.15) is 87.4 Å². The van der Waals surface area contributed by atoms with Crippen LogP contribution in [0, 0.1) is 11.8 Å². The van der Waals surface area contributed by atoms with Crippen LogP contribution in [0.15, 0.2) is 60.7 Å². The molecule has 1 N–H and O–H groups in total. The number of benzene rings is 2. The lowest BCUT2D eigenvalue weighted by Gasteiger charge is -2.65. The summed E-state index contributed by atoms with van der Waals surface area (Å²) in [6.45, 7) is 8.10. The number of methoxy groups -OCH3 is 1. The number of carbonyl (C=O) groups excluding carboxylic acids is 4. The van der Waals surface area contributed by atoms with E-state index in [1.165, 1.54) is 20.8 Å². The lowest BCUT2D eigenvalue weighted by atomic mass is 9.49. The van der Waals surface area contributed by atoms with Gasteiger partial charge in [-0.15, -0.1) is 0 Å². The Morgan fingerprint density at radius 3 is 1.94 bits per heavy atom. The van der Waals surface area contributed by atoms with Crippen molar-refractivity contribution in [3.63, 3.8) is 0 Å². The minimum absolute atomic E-state index is 0.0115. The maximum absolute atomic E-state index is 14.0. The van der Waals surface area contributed by atoms with Gasteiger partial charge in [-0.25, -0.2) is 9.59 Å². The maximum atomic E-state index is 14.0. The Morgan fingerprint density at radius 2 is 1.40 bits per heavy atom. The lowest BCUT2D eigenvalue weighted by Crippen LogP contribution is -2.86. The van der Waals surface area contributed by atoms with Crippen LogP contribution in [0.2, 0.25) is 0 Å². The first kappa shape index (κ1) is 35.5. The first-order valence-electron chi connectivity index (χ1n) is 16.5. The Bertz CT molecular complexity index is 1490. The molecule has 48 heavy (non-hydrogen) atoms. The number of rotatable bonds is 11. The number of aliphatic hydroxyl groups is 1. The molecule has 3 aliphatic rings. The maximum Gasteiger partial charge on any atom is 0.338 e. The van der Waals surface area contributed by atoms with Crippen LogP contribution in [0.5, 0.6) is 0 Å². The highest BCUT2D eigenvalue weighted by Crippen LogP contribution is 2.68. The fraction of sp³-hybridized carbons (Fsp3) is 0.568. The monoisotopic (exact) mass is 666 g/mol. The Hall–Kier alpha value is -3.80. The first-order chi connectivity index (χ1) is 22.7. The van der Waals surface area contributed by atoms with E-state index in [0.717, 1.165) is 0 Å². The van der Waals surface area contributed by atoms with Crippen molar-refractivity contribution in [1.29, 1.82) is 0 Å². The van der Waals surface area contributed by atoms with Gasteiger partial charge in [-0.05, 0) is 70.7 Å². The molecular weight excluding hydrogens is 620 g/mol. The number of ether oxygens (including phenoxy) is 6. The molecule has 3 fully saturated rings. The van der Waals surface area contributed by atoms with Gasteiger partial charge in [-0.2, -0.15) is 0 Å². The Kier molecular flexibility index (Phi) is 10.1. The van der Waals surface area contributed by atoms with Gasteiger partial charge in [-0.1, -0.05) is 42.8 Å². The Balaban J connectivity index is 1.79. The molecule has 1 spiro atoms. The third kappa shape index (κ3) is 6.01. The fourth-order valence-electron chi connectivity index (χ4n) is 8.57. The van der Waals surface area contributed by atoms with E-state index < -0.39 is 76.4 Å². The van der Waals surface area contributed by atoms with Crippen LogP contribution in [0.4, 0.5) is 0 Å². The zero-order chi connectivity index (χ0) is 34.9. The van der Waals surface area contributed by atoms with Gasteiger partial charge in [-0.3, -0.25) is 9.59 Å². The standard InChI is InChI=1S/C37H46O11/c1-23(38)44-31-29-27(19-13-14-22-43-6)30(46-33(41)26-17-11-8-12-18-26)36(47-24(2)39)28(45-32(40)25-15-9-7-10-16-25)20-21-35(5,42)37(31,36)48-34(29,3)4/h7-12,15-18,27-31,42H,13-14,19-22H2,1-6H3/t27-,28+,29-,30-,31-,35+,36-,37+/m1/s1. The molecule has 11 heteroatoms. The molecule has 2 aliphatic carbocycles. The highest BCUT2D eigenvalue weighted by atomic mass is 16.7. The van der Waals surface area contributed by atoms with Crippen molar-refractivity contribution >= 4 is 23.9 Å². The lowest BCUT2D eigenvalue weighted by molar-refractivity contribution is -0.360. The first-order valence-corrected chi connectivity index (χ1v) is 16.5. The van der Waals surface area contributed by atoms with Gasteiger partial charge in [0.25, 0.3) is 0 Å². The molecule has 0 unspecified atom stereocenters. The van der Waals surface area contributed by atoms with Gasteiger partial charge in [0.1, 0.15) is 12.2 Å². The second-order valence-electron chi connectivity index (χ2n) is 13.8. The van der Waals surface area contributed by atoms with Crippen LogP contribution < -0.4 is 0 Å². The molecule has 2 aromatic rings. The number of carbonyl (C=O) groups is 4. The van der Waals surface area contributed by atoms with Crippen molar-refractivity contribution in [2.75, 3.05) is 13.7 Å². The van der Waals surface area contributed by atoms with Crippen LogP contribution in [0.3, 0.4) is 0 Å². The second-order valence-corrected chi connectivity index (χ2v) is 13.8. The topological polar surface area (TPSA) is 144 Å². The molecular formula is C37H46O11. The zero-order valence-corrected chi connectivity index (χ0v) is 28.4. The molecule has 11 nitrogen and oxygen atoms in total. The molecule has 8 atom stereocenters. The van der Waals surface area contributed by atoms with Gasteiger partial charge in [0, 0.05) is 39.4 Å². The SMILES string of the molecule is COCCCC[C@@H]1[C@@H]2[C@@H](OC(C)=O)[C@@]3(OC2(C)C)[C@@](OC(C)=O)([C@@H](OC(=O)c2ccccc2)CC[C@]3(C)O)[C@@H]1OC(=O)c1ccccc1. The summed E-state index contributed by atoms with van der Waals surface area (Å²) in [6, 6.07) is 16.7. The molecule has 1 saturated heterocycles. The summed E-state index contributed by atoms with van der Waals surface area (Å²) < 4.78 is 37.6. The van der Waals surface area contributed by atoms with Gasteiger partial charge in [0.15, 0.2) is 11.7 Å². The van der Waals surface area contributed by atoms with E-state index in [1.54, 1.807) is 67.8 Å². The molecule has 2 saturated carbocycles. The minimum atomic E-state index is -2.16. The van der Waals surface area contributed by atoms with Crippen molar-refractivity contribution in [2.45, 2.75) is 107 Å². The van der Waals surface area contributed by atoms with Crippen molar-refractivity contribution in [3.05, 3.63) is 71.8 Å². The molecule has 0 amide bonds. The van der Waals surface area contributed by atoms with Gasteiger partial charge in [0.2, 0.25) is 5.60 Å². The predicted octanol–water partition coefficient (Wildman–Crippen LogP) is 4.83. The number of hydrogen-bond acceptors (Lipinski definition) is 11. The fourth-order valence-corrected chi connectivity index (χ4v) is 8.57. The summed E-state index contributed by atoms with van der Waals surface area (Å²) in [5.74, 6) is -4.14. The smallest absolute Gasteiger partial charge is 0.338 e. The normalized spacial score (nSPS) is 33.2. The number of fused-ring (bicyclic) bond motifs is 1. The van der Waals surface area contributed by atoms with E-state index in [4.69, 9.17) is 28.4 Å². The van der Waals surface area contributed by atoms with Gasteiger partial charge in [0.05, 0.1) is 22.3 Å². The number of unbranched alkanes of at least 4 members (excludes halogenated alkanes) is 1. The molecule has 0 radical (unpaired) electrons. The van der Waals surface area contributed by atoms with E-state index >= 15 is 0 Å². The molecule has 5 rings (SSSR count). The van der Waals surface area contributed by atoms with E-state index in [0.29, 0.717) is 25.9 Å². The van der Waals surface area contributed by atoms with Crippen molar-refractivity contribution in [1.82, 2.24) is 0 Å². The average molecular weight is 667 g/mol. The van der Waals surface area contributed by atoms with E-state index in [1.807, 2.05) is 13.8 Å². The van der Waals surface area contributed by atoms with Crippen LogP contribution in [-0.2, 0) is 38.0 Å². The minimum Gasteiger partial charge on any atom is -0.459 e. The summed E-state index contributed by atoms with van der Waals surface area (Å²) in [4.78, 5) is 54.1. The van der Waals surface area contributed by atoms with Crippen molar-refractivity contribution in [3.8, 4) is 0 Å². The molecule has 1 heterocycles. The molecule has 1 aliphatic heterocycles. The number of esters is 4. The van der Waals surface area contributed by atoms with Crippen molar-refractivity contribution in [2.24, 2.45) is 11.8 Å². The summed E-state index contributed by atoms with van der Waals surface area (Å²) in [5.41, 5.74) is -6.64. The molecule has 0 aromatic heterocycles. The molecule has 2 bridgehead atoms. The van der Waals surface area contributed by atoms with E-state index in [2.05, 4.69) is 0 Å². The van der Waals surface area contributed by atoms with Crippen molar-refractivity contribution < 1.29 is 52.7 Å². The summed E-state index contributed by atoms with van der Waals surface area (Å²) in [5, 5.41) is 12.5. The Labute approximate surface area is 281 Å². The largest absolute Gasteiger partial charge is 0.459 e. The van der Waals surface area contributed by atoms with E-state index in [-0.39, 0.29) is 24.0 Å². The number of hydrogen-bond donors (Lipinski definition) is 1. The van der Waals surface area contributed by atoms with Crippen LogP contribution in [-0.4, -0.2) is 83.4 Å².